The number of methoxy groups -OCH3 is 1. The van der Waals surface area contributed by atoms with Crippen LogP contribution < -0.4 is 9.47 Å². The highest BCUT2D eigenvalue weighted by molar-refractivity contribution is 5.96. The molecule has 3 rings (SSSR count). The molecule has 0 amide bonds. The molecule has 0 bridgehead atoms. The van der Waals surface area contributed by atoms with Crippen molar-refractivity contribution in [1.29, 1.82) is 0 Å². The van der Waals surface area contributed by atoms with E-state index in [-0.39, 0.29) is 18.3 Å². The molecular formula is C15H14O6. The summed E-state index contributed by atoms with van der Waals surface area (Å²) in [5.41, 5.74) is 0.837. The van der Waals surface area contributed by atoms with Crippen LogP contribution in [0.25, 0.3) is 0 Å². The number of allylic oxidation sites excluding steroid dienone is 2. The SMILES string of the molecule is COCOc1ccc2c(c1)OC1=C(O)C(O)=CC(=O)C1C2. The third-order valence-corrected chi connectivity index (χ3v) is 3.44. The van der Waals surface area contributed by atoms with Crippen LogP contribution >= 0.6 is 0 Å². The molecule has 1 unspecified atom stereocenters. The fourth-order valence-electron chi connectivity index (χ4n) is 2.39. The normalized spacial score (nSPS) is 20.3. The molecule has 0 spiro atoms. The lowest BCUT2D eigenvalue weighted by molar-refractivity contribution is -0.118. The van der Waals surface area contributed by atoms with Gasteiger partial charge in [0.15, 0.2) is 29.9 Å². The van der Waals surface area contributed by atoms with Gasteiger partial charge in [-0.1, -0.05) is 6.07 Å². The van der Waals surface area contributed by atoms with Crippen LogP contribution in [-0.4, -0.2) is 29.9 Å². The zero-order valence-corrected chi connectivity index (χ0v) is 11.3. The Morgan fingerprint density at radius 1 is 1.38 bits per heavy atom. The maximum absolute atomic E-state index is 11.9. The van der Waals surface area contributed by atoms with Crippen LogP contribution in [0.1, 0.15) is 5.56 Å². The smallest absolute Gasteiger partial charge is 0.197 e. The molecule has 21 heavy (non-hydrogen) atoms. The minimum Gasteiger partial charge on any atom is -0.504 e. The highest BCUT2D eigenvalue weighted by Gasteiger charge is 2.37. The maximum atomic E-state index is 11.9. The van der Waals surface area contributed by atoms with E-state index in [1.807, 2.05) is 0 Å². The molecule has 1 aromatic rings. The van der Waals surface area contributed by atoms with Crippen LogP contribution in [-0.2, 0) is 16.0 Å². The van der Waals surface area contributed by atoms with Crippen LogP contribution in [0.2, 0.25) is 0 Å². The van der Waals surface area contributed by atoms with Crippen LogP contribution in [0.5, 0.6) is 11.5 Å². The Bertz CT molecular complexity index is 658. The highest BCUT2D eigenvalue weighted by atomic mass is 16.7. The number of ketones is 1. The van der Waals surface area contributed by atoms with Crippen LogP contribution in [0.15, 0.2) is 41.6 Å². The molecular weight excluding hydrogens is 276 g/mol. The fraction of sp³-hybridized carbons (Fsp3) is 0.267. The lowest BCUT2D eigenvalue weighted by atomic mass is 9.86. The first kappa shape index (κ1) is 13.5. The van der Waals surface area contributed by atoms with Crippen molar-refractivity contribution >= 4 is 5.78 Å². The summed E-state index contributed by atoms with van der Waals surface area (Å²) in [7, 11) is 1.52. The molecule has 1 aliphatic heterocycles. The predicted molar refractivity (Wildman–Crippen MR) is 72.1 cm³/mol. The van der Waals surface area contributed by atoms with Crippen molar-refractivity contribution in [2.75, 3.05) is 13.9 Å². The van der Waals surface area contributed by atoms with Gasteiger partial charge in [0.05, 0.1) is 5.92 Å². The van der Waals surface area contributed by atoms with E-state index in [1.165, 1.54) is 7.11 Å². The van der Waals surface area contributed by atoms with Crippen molar-refractivity contribution in [3.8, 4) is 11.5 Å². The lowest BCUT2D eigenvalue weighted by Gasteiger charge is -2.29. The molecule has 0 radical (unpaired) electrons. The summed E-state index contributed by atoms with van der Waals surface area (Å²) in [4.78, 5) is 11.9. The van der Waals surface area contributed by atoms with E-state index >= 15 is 0 Å². The van der Waals surface area contributed by atoms with E-state index in [4.69, 9.17) is 14.2 Å². The summed E-state index contributed by atoms with van der Waals surface area (Å²) in [5.74, 6) is -0.629. The van der Waals surface area contributed by atoms with Gasteiger partial charge in [-0.3, -0.25) is 4.79 Å². The molecule has 6 nitrogen and oxygen atoms in total. The summed E-state index contributed by atoms with van der Waals surface area (Å²) in [5, 5.41) is 19.4. The van der Waals surface area contributed by atoms with E-state index in [1.54, 1.807) is 18.2 Å². The third-order valence-electron chi connectivity index (χ3n) is 3.44. The lowest BCUT2D eigenvalue weighted by Crippen LogP contribution is -2.30. The van der Waals surface area contributed by atoms with Crippen LogP contribution in [0, 0.1) is 5.92 Å². The topological polar surface area (TPSA) is 85.2 Å². The zero-order valence-electron chi connectivity index (χ0n) is 11.3. The summed E-state index contributed by atoms with van der Waals surface area (Å²) in [6.45, 7) is 0.109. The summed E-state index contributed by atoms with van der Waals surface area (Å²) in [6, 6.07) is 5.22. The van der Waals surface area contributed by atoms with Crippen LogP contribution in [0.3, 0.4) is 0 Å². The largest absolute Gasteiger partial charge is 0.504 e. The number of carbonyl (C=O) groups is 1. The van der Waals surface area contributed by atoms with Crippen LogP contribution in [0.4, 0.5) is 0 Å². The molecule has 0 saturated heterocycles. The summed E-state index contributed by atoms with van der Waals surface area (Å²) < 4.78 is 15.7. The van der Waals surface area contributed by atoms with E-state index < -0.39 is 17.4 Å². The van der Waals surface area contributed by atoms with Crippen molar-refractivity contribution in [2.45, 2.75) is 6.42 Å². The first-order chi connectivity index (χ1) is 10.1. The Balaban J connectivity index is 1.95. The average molecular weight is 290 g/mol. The summed E-state index contributed by atoms with van der Waals surface area (Å²) in [6.07, 6.45) is 1.43. The number of benzene rings is 1. The van der Waals surface area contributed by atoms with Crippen molar-refractivity contribution < 1.29 is 29.2 Å². The molecule has 110 valence electrons. The van der Waals surface area contributed by atoms with E-state index in [2.05, 4.69) is 0 Å². The molecule has 2 N–H and O–H groups in total. The molecule has 0 aromatic heterocycles. The quantitative estimate of drug-likeness (QED) is 0.828. The second-order valence-electron chi connectivity index (χ2n) is 4.82. The van der Waals surface area contributed by atoms with Crippen molar-refractivity contribution in [3.05, 3.63) is 47.1 Å². The number of carbonyl (C=O) groups excluding carboxylic acids is 1. The van der Waals surface area contributed by atoms with Gasteiger partial charge in [0.2, 0.25) is 0 Å². The van der Waals surface area contributed by atoms with Gasteiger partial charge in [-0.15, -0.1) is 0 Å². The van der Waals surface area contributed by atoms with Gasteiger partial charge in [0.25, 0.3) is 0 Å². The monoisotopic (exact) mass is 290 g/mol. The molecule has 2 aliphatic rings. The molecule has 0 fully saturated rings. The Morgan fingerprint density at radius 2 is 2.19 bits per heavy atom. The Morgan fingerprint density at radius 3 is 2.95 bits per heavy atom. The van der Waals surface area contributed by atoms with Crippen molar-refractivity contribution in [3.63, 3.8) is 0 Å². The number of ether oxygens (including phenoxy) is 3. The van der Waals surface area contributed by atoms with Gasteiger partial charge in [-0.2, -0.15) is 0 Å². The number of hydrogen-bond acceptors (Lipinski definition) is 6. The minimum absolute atomic E-state index is 0.0800. The van der Waals surface area contributed by atoms with E-state index in [0.717, 1.165) is 11.6 Å². The summed E-state index contributed by atoms with van der Waals surface area (Å²) >= 11 is 0. The van der Waals surface area contributed by atoms with E-state index in [9.17, 15) is 15.0 Å². The molecule has 0 saturated carbocycles. The van der Waals surface area contributed by atoms with Crippen molar-refractivity contribution in [2.24, 2.45) is 5.92 Å². The minimum atomic E-state index is -0.598. The number of aliphatic hydroxyl groups excluding tert-OH is 2. The highest BCUT2D eigenvalue weighted by Crippen LogP contribution is 2.39. The molecule has 1 heterocycles. The van der Waals surface area contributed by atoms with Gasteiger partial charge in [0.1, 0.15) is 11.5 Å². The first-order valence-electron chi connectivity index (χ1n) is 6.40. The Kier molecular flexibility index (Phi) is 3.31. The number of hydrogen-bond donors (Lipinski definition) is 2. The fourth-order valence-corrected chi connectivity index (χ4v) is 2.39. The Hall–Kier alpha value is -2.47. The zero-order chi connectivity index (χ0) is 15.0. The maximum Gasteiger partial charge on any atom is 0.197 e. The molecule has 1 aromatic carbocycles. The molecule has 1 aliphatic carbocycles. The van der Waals surface area contributed by atoms with Gasteiger partial charge in [-0.25, -0.2) is 0 Å². The Labute approximate surface area is 120 Å². The van der Waals surface area contributed by atoms with Gasteiger partial charge in [-0.05, 0) is 18.1 Å². The number of fused-ring (bicyclic) bond motifs is 2. The average Bonchev–Trinajstić information content (AvgIpc) is 2.49. The molecule has 6 heteroatoms. The number of rotatable bonds is 3. The second kappa shape index (κ2) is 5.14. The van der Waals surface area contributed by atoms with Gasteiger partial charge in [0, 0.05) is 19.3 Å². The van der Waals surface area contributed by atoms with E-state index in [0.29, 0.717) is 17.9 Å². The van der Waals surface area contributed by atoms with Gasteiger partial charge >= 0.3 is 0 Å². The second-order valence-corrected chi connectivity index (χ2v) is 4.82. The predicted octanol–water partition coefficient (Wildman–Crippen LogP) is 2.01. The number of aliphatic hydroxyl groups is 2. The van der Waals surface area contributed by atoms with Gasteiger partial charge < -0.3 is 24.4 Å². The third kappa shape index (κ3) is 2.34. The molecule has 1 atom stereocenters. The van der Waals surface area contributed by atoms with Crippen molar-refractivity contribution in [1.82, 2.24) is 0 Å². The standard InChI is InChI=1S/C15H14O6/c1-19-7-20-9-3-2-8-4-10-11(16)6-12(17)14(18)15(10)21-13(8)5-9/h2-3,5-6,10,17-18H,4,7H2,1H3. The first-order valence-corrected chi connectivity index (χ1v) is 6.40.